The third-order valence-electron chi connectivity index (χ3n) is 4.28. The molecule has 1 saturated carbocycles. The predicted molar refractivity (Wildman–Crippen MR) is 72.4 cm³/mol. The van der Waals surface area contributed by atoms with E-state index in [1.165, 1.54) is 48.1 Å². The minimum Gasteiger partial charge on any atom is -0.348 e. The minimum absolute atomic E-state index is 0.640. The second kappa shape index (κ2) is 4.58. The Bertz CT molecular complexity index is 368. The van der Waals surface area contributed by atoms with Gasteiger partial charge < -0.3 is 10.6 Å². The van der Waals surface area contributed by atoms with Crippen molar-refractivity contribution < 1.29 is 0 Å². The van der Waals surface area contributed by atoms with Gasteiger partial charge in [0.05, 0.1) is 5.69 Å². The summed E-state index contributed by atoms with van der Waals surface area (Å²) in [6.45, 7) is 5.26. The molecule has 0 bridgehead atoms. The van der Waals surface area contributed by atoms with E-state index in [9.17, 15) is 0 Å². The molecular formula is C13H21N3S. The van der Waals surface area contributed by atoms with E-state index in [2.05, 4.69) is 11.8 Å². The minimum atomic E-state index is 0.640. The van der Waals surface area contributed by atoms with Crippen LogP contribution in [-0.2, 0) is 13.0 Å². The van der Waals surface area contributed by atoms with Crippen LogP contribution in [-0.4, -0.2) is 18.1 Å². The number of fused-ring (bicyclic) bond motifs is 1. The normalized spacial score (nSPS) is 27.8. The average Bonchev–Trinajstić information content (AvgIpc) is 3.00. The first-order valence-corrected chi connectivity index (χ1v) is 7.57. The summed E-state index contributed by atoms with van der Waals surface area (Å²) in [6.07, 6.45) is 5.30. The van der Waals surface area contributed by atoms with E-state index < -0.39 is 0 Å². The number of nitrogens with zero attached hydrogens (tertiary/aromatic N) is 2. The van der Waals surface area contributed by atoms with Gasteiger partial charge in [0.1, 0.15) is 0 Å². The van der Waals surface area contributed by atoms with E-state index in [0.29, 0.717) is 6.54 Å². The molecule has 3 rings (SSSR count). The molecule has 17 heavy (non-hydrogen) atoms. The third kappa shape index (κ3) is 1.97. The van der Waals surface area contributed by atoms with E-state index in [0.717, 1.165) is 18.3 Å². The Morgan fingerprint density at radius 3 is 2.59 bits per heavy atom. The zero-order valence-electron chi connectivity index (χ0n) is 10.5. The molecule has 4 heteroatoms. The molecule has 94 valence electrons. The van der Waals surface area contributed by atoms with Gasteiger partial charge in [0.25, 0.3) is 0 Å². The second-order valence-corrected chi connectivity index (χ2v) is 6.34. The fourth-order valence-corrected chi connectivity index (χ4v) is 4.38. The maximum absolute atomic E-state index is 5.78. The summed E-state index contributed by atoms with van der Waals surface area (Å²) in [5.74, 6) is 1.87. The molecule has 2 unspecified atom stereocenters. The maximum Gasteiger partial charge on any atom is 0.185 e. The largest absolute Gasteiger partial charge is 0.348 e. The van der Waals surface area contributed by atoms with E-state index in [1.807, 2.05) is 11.3 Å². The van der Waals surface area contributed by atoms with Gasteiger partial charge in [-0.15, -0.1) is 11.3 Å². The quantitative estimate of drug-likeness (QED) is 0.897. The van der Waals surface area contributed by atoms with Crippen molar-refractivity contribution in [3.05, 3.63) is 10.6 Å². The highest BCUT2D eigenvalue weighted by molar-refractivity contribution is 7.15. The molecular weight excluding hydrogens is 230 g/mol. The van der Waals surface area contributed by atoms with Crippen molar-refractivity contribution in [1.29, 1.82) is 0 Å². The molecule has 0 amide bonds. The lowest BCUT2D eigenvalue weighted by Gasteiger charge is -2.15. The summed E-state index contributed by atoms with van der Waals surface area (Å²) in [6, 6.07) is 0. The molecule has 3 nitrogen and oxygen atoms in total. The topological polar surface area (TPSA) is 42.2 Å². The van der Waals surface area contributed by atoms with Gasteiger partial charge in [-0.25, -0.2) is 4.98 Å². The van der Waals surface area contributed by atoms with Gasteiger partial charge in [-0.3, -0.25) is 0 Å². The van der Waals surface area contributed by atoms with Gasteiger partial charge in [0.15, 0.2) is 5.13 Å². The van der Waals surface area contributed by atoms with Crippen LogP contribution >= 0.6 is 11.3 Å². The van der Waals surface area contributed by atoms with Crippen molar-refractivity contribution in [2.75, 3.05) is 18.0 Å². The van der Waals surface area contributed by atoms with Gasteiger partial charge in [0, 0.05) is 24.5 Å². The molecule has 2 fully saturated rings. The van der Waals surface area contributed by atoms with Gasteiger partial charge in [-0.05, 0) is 31.1 Å². The van der Waals surface area contributed by atoms with Crippen LogP contribution in [0.1, 0.15) is 36.8 Å². The zero-order valence-corrected chi connectivity index (χ0v) is 11.3. The number of nitrogens with two attached hydrogens (primary N) is 1. The molecule has 1 aliphatic carbocycles. The summed E-state index contributed by atoms with van der Waals surface area (Å²) < 4.78 is 0. The summed E-state index contributed by atoms with van der Waals surface area (Å²) in [4.78, 5) is 8.55. The lowest BCUT2D eigenvalue weighted by Crippen LogP contribution is -2.20. The highest BCUT2D eigenvalue weighted by Gasteiger charge is 2.37. The second-order valence-electron chi connectivity index (χ2n) is 5.28. The number of thiazole rings is 1. The van der Waals surface area contributed by atoms with E-state index in [4.69, 9.17) is 10.7 Å². The van der Waals surface area contributed by atoms with Crippen LogP contribution in [0.25, 0.3) is 0 Å². The molecule has 1 saturated heterocycles. The standard InChI is InChI=1S/C13H21N3S/c1-2-11-12(6-14)17-13(15-11)16-7-9-4-3-5-10(9)8-16/h9-10H,2-8,14H2,1H3. The molecule has 2 heterocycles. The van der Waals surface area contributed by atoms with Crippen molar-refractivity contribution in [3.63, 3.8) is 0 Å². The van der Waals surface area contributed by atoms with Crippen molar-refractivity contribution in [2.24, 2.45) is 17.6 Å². The van der Waals surface area contributed by atoms with E-state index >= 15 is 0 Å². The molecule has 1 aromatic heterocycles. The Kier molecular flexibility index (Phi) is 3.09. The van der Waals surface area contributed by atoms with Crippen molar-refractivity contribution in [1.82, 2.24) is 4.98 Å². The number of rotatable bonds is 3. The predicted octanol–water partition coefficient (Wildman–Crippen LogP) is 2.40. The highest BCUT2D eigenvalue weighted by atomic mass is 32.1. The number of hydrogen-bond donors (Lipinski definition) is 1. The zero-order chi connectivity index (χ0) is 11.8. The van der Waals surface area contributed by atoms with Crippen LogP contribution in [0.2, 0.25) is 0 Å². The fourth-order valence-electron chi connectivity index (χ4n) is 3.33. The Balaban J connectivity index is 1.78. The van der Waals surface area contributed by atoms with Gasteiger partial charge in [0.2, 0.25) is 0 Å². The SMILES string of the molecule is CCc1nc(N2CC3CCCC3C2)sc1CN. The van der Waals surface area contributed by atoms with Crippen LogP contribution in [0.4, 0.5) is 5.13 Å². The maximum atomic E-state index is 5.78. The Morgan fingerprint density at radius 2 is 2.06 bits per heavy atom. The highest BCUT2D eigenvalue weighted by Crippen LogP contribution is 2.40. The lowest BCUT2D eigenvalue weighted by atomic mass is 10.0. The fraction of sp³-hybridized carbons (Fsp3) is 0.769. The first kappa shape index (κ1) is 11.5. The van der Waals surface area contributed by atoms with Gasteiger partial charge in [-0.1, -0.05) is 13.3 Å². The molecule has 2 N–H and O–H groups in total. The van der Waals surface area contributed by atoms with Gasteiger partial charge in [-0.2, -0.15) is 0 Å². The third-order valence-corrected chi connectivity index (χ3v) is 5.46. The lowest BCUT2D eigenvalue weighted by molar-refractivity contribution is 0.494. The van der Waals surface area contributed by atoms with E-state index in [1.54, 1.807) is 0 Å². The molecule has 1 aromatic rings. The Morgan fingerprint density at radius 1 is 1.35 bits per heavy atom. The Labute approximate surface area is 107 Å². The van der Waals surface area contributed by atoms with Crippen LogP contribution in [0, 0.1) is 11.8 Å². The molecule has 2 atom stereocenters. The molecule has 0 aromatic carbocycles. The van der Waals surface area contributed by atoms with Crippen LogP contribution in [0.3, 0.4) is 0 Å². The number of aromatic nitrogens is 1. The number of aryl methyl sites for hydroxylation is 1. The van der Waals surface area contributed by atoms with Crippen LogP contribution < -0.4 is 10.6 Å². The monoisotopic (exact) mass is 251 g/mol. The smallest absolute Gasteiger partial charge is 0.185 e. The summed E-state index contributed by atoms with van der Waals surface area (Å²) >= 11 is 1.81. The summed E-state index contributed by atoms with van der Waals surface area (Å²) in [5.41, 5.74) is 6.99. The number of hydrogen-bond acceptors (Lipinski definition) is 4. The molecule has 1 aliphatic heterocycles. The summed E-state index contributed by atoms with van der Waals surface area (Å²) in [7, 11) is 0. The van der Waals surface area contributed by atoms with E-state index in [-0.39, 0.29) is 0 Å². The molecule has 0 spiro atoms. The molecule has 0 radical (unpaired) electrons. The average molecular weight is 251 g/mol. The first-order valence-electron chi connectivity index (χ1n) is 6.75. The van der Waals surface area contributed by atoms with Gasteiger partial charge >= 0.3 is 0 Å². The van der Waals surface area contributed by atoms with Crippen molar-refractivity contribution in [2.45, 2.75) is 39.2 Å². The van der Waals surface area contributed by atoms with Crippen LogP contribution in [0.5, 0.6) is 0 Å². The van der Waals surface area contributed by atoms with Crippen molar-refractivity contribution in [3.8, 4) is 0 Å². The first-order chi connectivity index (χ1) is 8.31. The Hall–Kier alpha value is -0.610. The molecule has 2 aliphatic rings. The van der Waals surface area contributed by atoms with Crippen LogP contribution in [0.15, 0.2) is 0 Å². The summed E-state index contributed by atoms with van der Waals surface area (Å²) in [5, 5.41) is 1.22. The van der Waals surface area contributed by atoms with Crippen molar-refractivity contribution >= 4 is 16.5 Å². The number of anilines is 1.